The van der Waals surface area contributed by atoms with Crippen molar-refractivity contribution in [2.45, 2.75) is 40.0 Å². The normalized spacial score (nSPS) is 15.0. The number of anilines is 2. The van der Waals surface area contributed by atoms with Crippen molar-refractivity contribution in [1.82, 2.24) is 0 Å². The maximum absolute atomic E-state index is 12.7. The number of benzene rings is 3. The Bertz CT molecular complexity index is 1410. The van der Waals surface area contributed by atoms with Gasteiger partial charge in [0, 0.05) is 28.8 Å². The Kier molecular flexibility index (Phi) is 8.97. The van der Waals surface area contributed by atoms with Crippen molar-refractivity contribution in [2.24, 2.45) is 5.92 Å². The van der Waals surface area contributed by atoms with Gasteiger partial charge in [0.05, 0.1) is 10.9 Å². The van der Waals surface area contributed by atoms with E-state index in [1.165, 1.54) is 0 Å². The van der Waals surface area contributed by atoms with E-state index in [1.807, 2.05) is 19.9 Å². The number of amides is 2. The number of rotatable bonds is 8. The molecule has 1 saturated heterocycles. The topological polar surface area (TPSA) is 84.9 Å². The first-order valence-corrected chi connectivity index (χ1v) is 13.8. The van der Waals surface area contributed by atoms with Crippen LogP contribution < -0.4 is 15.0 Å². The highest BCUT2D eigenvalue weighted by molar-refractivity contribution is 9.10. The van der Waals surface area contributed by atoms with Gasteiger partial charge < -0.3 is 19.7 Å². The Balaban J connectivity index is 1.33. The number of esters is 1. The molecule has 1 aliphatic rings. The van der Waals surface area contributed by atoms with Crippen LogP contribution in [-0.2, 0) is 19.1 Å². The van der Waals surface area contributed by atoms with E-state index in [9.17, 15) is 14.4 Å². The maximum Gasteiger partial charge on any atom is 0.311 e. The van der Waals surface area contributed by atoms with E-state index in [1.54, 1.807) is 41.3 Å². The number of nitrogens with one attached hydrogen (secondary N) is 1. The van der Waals surface area contributed by atoms with Gasteiger partial charge in [0.1, 0.15) is 11.5 Å². The van der Waals surface area contributed by atoms with Crippen LogP contribution in [-0.4, -0.2) is 30.9 Å². The molecule has 7 nitrogen and oxygen atoms in total. The molecule has 0 aromatic heterocycles. The molecule has 1 atom stereocenters. The Labute approximate surface area is 241 Å². The zero-order valence-electron chi connectivity index (χ0n) is 22.2. The van der Waals surface area contributed by atoms with Crippen LogP contribution in [0.2, 0.25) is 5.02 Å². The van der Waals surface area contributed by atoms with Crippen molar-refractivity contribution in [1.29, 1.82) is 0 Å². The van der Waals surface area contributed by atoms with Crippen LogP contribution in [0.1, 0.15) is 42.9 Å². The first kappa shape index (κ1) is 28.6. The first-order valence-electron chi connectivity index (χ1n) is 12.6. The molecule has 204 valence electrons. The zero-order valence-corrected chi connectivity index (χ0v) is 24.6. The van der Waals surface area contributed by atoms with Crippen molar-refractivity contribution >= 4 is 56.7 Å². The van der Waals surface area contributed by atoms with Crippen LogP contribution in [0.5, 0.6) is 11.5 Å². The average molecular weight is 614 g/mol. The molecule has 3 aromatic carbocycles. The summed E-state index contributed by atoms with van der Waals surface area (Å²) in [4.78, 5) is 39.2. The minimum atomic E-state index is -0.661. The van der Waals surface area contributed by atoms with E-state index in [-0.39, 0.29) is 18.9 Å². The van der Waals surface area contributed by atoms with E-state index in [4.69, 9.17) is 21.1 Å². The van der Waals surface area contributed by atoms with Crippen LogP contribution in [0.4, 0.5) is 11.4 Å². The van der Waals surface area contributed by atoms with Crippen molar-refractivity contribution in [3.05, 3.63) is 80.8 Å². The number of nitrogens with zero attached hydrogens (tertiary/aromatic N) is 1. The number of carbonyl (C=O) groups excluding carboxylic acids is 3. The van der Waals surface area contributed by atoms with Gasteiger partial charge in [-0.2, -0.15) is 0 Å². The number of ether oxygens (including phenoxy) is 2. The molecule has 0 aliphatic carbocycles. The molecule has 1 heterocycles. The van der Waals surface area contributed by atoms with Gasteiger partial charge in [-0.15, -0.1) is 0 Å². The fourth-order valence-corrected chi connectivity index (χ4v) is 4.99. The predicted octanol–water partition coefficient (Wildman–Crippen LogP) is 7.17. The second kappa shape index (κ2) is 12.2. The third kappa shape index (κ3) is 6.99. The van der Waals surface area contributed by atoms with Gasteiger partial charge in [-0.1, -0.05) is 37.6 Å². The van der Waals surface area contributed by atoms with E-state index in [2.05, 4.69) is 47.2 Å². The van der Waals surface area contributed by atoms with Crippen molar-refractivity contribution in [2.75, 3.05) is 23.4 Å². The lowest BCUT2D eigenvalue weighted by molar-refractivity contribution is -0.151. The Morgan fingerprint density at radius 1 is 1.10 bits per heavy atom. The van der Waals surface area contributed by atoms with E-state index < -0.39 is 24.4 Å². The second-order valence-electron chi connectivity index (χ2n) is 9.93. The molecule has 4 rings (SSSR count). The lowest BCUT2D eigenvalue weighted by atomic mass is 10.0. The van der Waals surface area contributed by atoms with Crippen LogP contribution >= 0.6 is 27.5 Å². The summed E-state index contributed by atoms with van der Waals surface area (Å²) in [7, 11) is 0. The average Bonchev–Trinajstić information content (AvgIpc) is 3.28. The van der Waals surface area contributed by atoms with Gasteiger partial charge in [0.25, 0.3) is 5.91 Å². The number of hydrogen-bond acceptors (Lipinski definition) is 5. The smallest absolute Gasteiger partial charge is 0.311 e. The third-order valence-corrected chi connectivity index (χ3v) is 7.71. The van der Waals surface area contributed by atoms with Gasteiger partial charge in [0.2, 0.25) is 5.91 Å². The van der Waals surface area contributed by atoms with Gasteiger partial charge in [-0.05, 0) is 94.9 Å². The van der Waals surface area contributed by atoms with Gasteiger partial charge >= 0.3 is 5.97 Å². The van der Waals surface area contributed by atoms with Crippen LogP contribution in [0.25, 0.3) is 0 Å². The molecule has 1 N–H and O–H groups in total. The second-order valence-corrected chi connectivity index (χ2v) is 11.2. The molecule has 0 spiro atoms. The molecule has 0 saturated carbocycles. The fourth-order valence-electron chi connectivity index (χ4n) is 4.36. The minimum Gasteiger partial charge on any atom is -0.457 e. The summed E-state index contributed by atoms with van der Waals surface area (Å²) >= 11 is 9.44. The standard InChI is InChI=1S/C30H30BrClN2O5/c1-17(2)23-10-5-18(3)11-27(23)39-22-8-6-21(7-9-22)34-15-20(13-29(34)36)30(37)38-16-28(35)33-26-14-25(32)24(31)12-19(26)4/h5-12,14,17,20H,13,15-16H2,1-4H3,(H,33,35)/t20-/m1/s1. The van der Waals surface area contributed by atoms with Gasteiger partial charge in [0.15, 0.2) is 6.61 Å². The zero-order chi connectivity index (χ0) is 28.3. The monoisotopic (exact) mass is 612 g/mol. The van der Waals surface area contributed by atoms with Crippen molar-refractivity contribution in [3.8, 4) is 11.5 Å². The summed E-state index contributed by atoms with van der Waals surface area (Å²) in [5.41, 5.74) is 4.22. The molecule has 39 heavy (non-hydrogen) atoms. The van der Waals surface area contributed by atoms with Crippen molar-refractivity contribution < 1.29 is 23.9 Å². The SMILES string of the molecule is Cc1ccc(C(C)C)c(Oc2ccc(N3C[C@H](C(=O)OCC(=O)Nc4cc(Cl)c(Br)cc4C)CC3=O)cc2)c1. The molecular formula is C30H30BrClN2O5. The first-order chi connectivity index (χ1) is 18.5. The summed E-state index contributed by atoms with van der Waals surface area (Å²) in [5.74, 6) is -0.152. The molecule has 2 amide bonds. The lowest BCUT2D eigenvalue weighted by Crippen LogP contribution is -2.28. The largest absolute Gasteiger partial charge is 0.457 e. The van der Waals surface area contributed by atoms with Crippen LogP contribution in [0.3, 0.4) is 0 Å². The number of carbonyl (C=O) groups is 3. The number of aryl methyl sites for hydroxylation is 2. The Morgan fingerprint density at radius 3 is 2.51 bits per heavy atom. The van der Waals surface area contributed by atoms with Crippen LogP contribution in [0.15, 0.2) is 59.1 Å². The lowest BCUT2D eigenvalue weighted by Gasteiger charge is -2.18. The summed E-state index contributed by atoms with van der Waals surface area (Å²) in [6.07, 6.45) is 0.0151. The highest BCUT2D eigenvalue weighted by Crippen LogP contribution is 2.33. The van der Waals surface area contributed by atoms with Crippen LogP contribution in [0, 0.1) is 19.8 Å². The Hall–Kier alpha value is -3.36. The summed E-state index contributed by atoms with van der Waals surface area (Å²) < 4.78 is 12.1. The quantitative estimate of drug-likeness (QED) is 0.272. The number of halogens is 2. The van der Waals surface area contributed by atoms with Crippen molar-refractivity contribution in [3.63, 3.8) is 0 Å². The number of hydrogen-bond donors (Lipinski definition) is 1. The Morgan fingerprint density at radius 2 is 1.82 bits per heavy atom. The minimum absolute atomic E-state index is 0.0151. The molecule has 0 bridgehead atoms. The molecule has 1 aliphatic heterocycles. The summed E-state index contributed by atoms with van der Waals surface area (Å²) in [6, 6.07) is 16.8. The van der Waals surface area contributed by atoms with E-state index in [0.717, 1.165) is 26.9 Å². The third-order valence-electron chi connectivity index (χ3n) is 6.51. The highest BCUT2D eigenvalue weighted by Gasteiger charge is 2.36. The van der Waals surface area contributed by atoms with Gasteiger partial charge in [-0.3, -0.25) is 14.4 Å². The summed E-state index contributed by atoms with van der Waals surface area (Å²) in [5, 5.41) is 3.14. The van der Waals surface area contributed by atoms with E-state index in [0.29, 0.717) is 28.1 Å². The molecule has 0 unspecified atom stereocenters. The summed E-state index contributed by atoms with van der Waals surface area (Å²) in [6.45, 7) is 7.80. The molecule has 0 radical (unpaired) electrons. The fraction of sp³-hybridized carbons (Fsp3) is 0.300. The van der Waals surface area contributed by atoms with E-state index >= 15 is 0 Å². The highest BCUT2D eigenvalue weighted by atomic mass is 79.9. The predicted molar refractivity (Wildman–Crippen MR) is 156 cm³/mol. The molecule has 3 aromatic rings. The molecule has 1 fully saturated rings. The molecular weight excluding hydrogens is 584 g/mol. The van der Waals surface area contributed by atoms with Gasteiger partial charge in [-0.25, -0.2) is 0 Å². The molecule has 9 heteroatoms. The maximum atomic E-state index is 12.7.